The van der Waals surface area contributed by atoms with E-state index in [0.717, 1.165) is 48.4 Å². The topological polar surface area (TPSA) is 107 Å². The molecule has 0 aromatic carbocycles. The lowest BCUT2D eigenvalue weighted by Crippen LogP contribution is -2.25. The van der Waals surface area contributed by atoms with Gasteiger partial charge in [-0.1, -0.05) is 0 Å². The Balaban J connectivity index is 1.69. The molecule has 4 rings (SSSR count). The summed E-state index contributed by atoms with van der Waals surface area (Å²) in [5.41, 5.74) is 15.5. The molecular formula is C17H21N7. The van der Waals surface area contributed by atoms with Crippen LogP contribution in [-0.2, 0) is 0 Å². The SMILES string of the molecule is Nc1cc(Nc2cccnc2)c2nc([C@H]3CC[C@H](N)CC3)cn2n1. The molecular weight excluding hydrogens is 302 g/mol. The van der Waals surface area contributed by atoms with Crippen LogP contribution in [0, 0.1) is 0 Å². The molecule has 0 amide bonds. The van der Waals surface area contributed by atoms with Crippen LogP contribution in [0.4, 0.5) is 17.2 Å². The molecule has 0 aliphatic heterocycles. The van der Waals surface area contributed by atoms with Crippen LogP contribution >= 0.6 is 0 Å². The Bertz CT molecular complexity index is 835. The Labute approximate surface area is 140 Å². The van der Waals surface area contributed by atoms with E-state index < -0.39 is 0 Å². The third-order valence-electron chi connectivity index (χ3n) is 4.59. The molecule has 0 unspecified atom stereocenters. The van der Waals surface area contributed by atoms with Crippen molar-refractivity contribution in [2.75, 3.05) is 11.1 Å². The summed E-state index contributed by atoms with van der Waals surface area (Å²) in [6.07, 6.45) is 9.74. The zero-order valence-electron chi connectivity index (χ0n) is 13.4. The van der Waals surface area contributed by atoms with Gasteiger partial charge < -0.3 is 16.8 Å². The van der Waals surface area contributed by atoms with Gasteiger partial charge in [-0.25, -0.2) is 9.50 Å². The first kappa shape index (κ1) is 14.9. The fraction of sp³-hybridized carbons (Fsp3) is 0.353. The molecule has 1 aliphatic carbocycles. The maximum Gasteiger partial charge on any atom is 0.177 e. The molecule has 7 nitrogen and oxygen atoms in total. The van der Waals surface area contributed by atoms with Gasteiger partial charge >= 0.3 is 0 Å². The molecule has 0 saturated heterocycles. The van der Waals surface area contributed by atoms with Crippen molar-refractivity contribution in [3.05, 3.63) is 42.5 Å². The summed E-state index contributed by atoms with van der Waals surface area (Å²) >= 11 is 0. The van der Waals surface area contributed by atoms with E-state index in [1.165, 1.54) is 0 Å². The highest BCUT2D eigenvalue weighted by Gasteiger charge is 2.23. The Morgan fingerprint density at radius 3 is 2.79 bits per heavy atom. The molecule has 1 aliphatic rings. The number of aromatic nitrogens is 4. The molecule has 3 aromatic heterocycles. The Hall–Kier alpha value is -2.67. The largest absolute Gasteiger partial charge is 0.382 e. The van der Waals surface area contributed by atoms with Gasteiger partial charge in [-0.3, -0.25) is 4.98 Å². The van der Waals surface area contributed by atoms with E-state index in [4.69, 9.17) is 16.5 Å². The fourth-order valence-electron chi connectivity index (χ4n) is 3.31. The van der Waals surface area contributed by atoms with Crippen LogP contribution in [0.15, 0.2) is 36.8 Å². The number of hydrogen-bond donors (Lipinski definition) is 3. The van der Waals surface area contributed by atoms with E-state index in [9.17, 15) is 0 Å². The zero-order chi connectivity index (χ0) is 16.5. The van der Waals surface area contributed by atoms with Crippen molar-refractivity contribution in [2.24, 2.45) is 5.73 Å². The van der Waals surface area contributed by atoms with Crippen molar-refractivity contribution in [3.63, 3.8) is 0 Å². The quantitative estimate of drug-likeness (QED) is 0.683. The fourth-order valence-corrected chi connectivity index (χ4v) is 3.31. The first-order chi connectivity index (χ1) is 11.7. The summed E-state index contributed by atoms with van der Waals surface area (Å²) in [5.74, 6) is 0.891. The highest BCUT2D eigenvalue weighted by atomic mass is 15.3. The van der Waals surface area contributed by atoms with Gasteiger partial charge in [-0.15, -0.1) is 5.10 Å². The van der Waals surface area contributed by atoms with E-state index in [2.05, 4.69) is 15.4 Å². The third-order valence-corrected chi connectivity index (χ3v) is 4.59. The summed E-state index contributed by atoms with van der Waals surface area (Å²) in [6.45, 7) is 0. The maximum atomic E-state index is 6.01. The number of imidazole rings is 1. The Morgan fingerprint density at radius 2 is 2.04 bits per heavy atom. The molecule has 0 atom stereocenters. The number of hydrogen-bond acceptors (Lipinski definition) is 6. The number of nitrogen functional groups attached to an aromatic ring is 1. The Morgan fingerprint density at radius 1 is 1.21 bits per heavy atom. The molecule has 24 heavy (non-hydrogen) atoms. The number of nitrogens with one attached hydrogen (secondary N) is 1. The van der Waals surface area contributed by atoms with Crippen LogP contribution in [0.2, 0.25) is 0 Å². The predicted molar refractivity (Wildman–Crippen MR) is 94.1 cm³/mol. The second-order valence-electron chi connectivity index (χ2n) is 6.40. The molecule has 5 N–H and O–H groups in total. The standard InChI is InChI=1S/C17H21N7/c18-12-5-3-11(4-6-12)15-10-24-17(22-15)14(8-16(19)23-24)21-13-2-1-7-20-9-13/h1-2,7-12,21H,3-6,18H2,(H2,19,23)/t11-,12-. The predicted octanol–water partition coefficient (Wildman–Crippen LogP) is 2.44. The van der Waals surface area contributed by atoms with Crippen molar-refractivity contribution < 1.29 is 0 Å². The third kappa shape index (κ3) is 2.90. The lowest BCUT2D eigenvalue weighted by molar-refractivity contribution is 0.391. The molecule has 0 spiro atoms. The van der Waals surface area contributed by atoms with Gasteiger partial charge in [0.1, 0.15) is 5.82 Å². The smallest absolute Gasteiger partial charge is 0.177 e. The van der Waals surface area contributed by atoms with Crippen molar-refractivity contribution in [2.45, 2.75) is 37.6 Å². The van der Waals surface area contributed by atoms with Gasteiger partial charge in [0.25, 0.3) is 0 Å². The van der Waals surface area contributed by atoms with Gasteiger partial charge in [0.05, 0.1) is 29.5 Å². The van der Waals surface area contributed by atoms with E-state index in [-0.39, 0.29) is 0 Å². The Kier molecular flexibility index (Phi) is 3.78. The average Bonchev–Trinajstić information content (AvgIpc) is 3.00. The van der Waals surface area contributed by atoms with Crippen LogP contribution in [-0.4, -0.2) is 25.6 Å². The molecule has 124 valence electrons. The van der Waals surface area contributed by atoms with Gasteiger partial charge in [0.2, 0.25) is 0 Å². The van der Waals surface area contributed by atoms with E-state index in [0.29, 0.717) is 17.8 Å². The van der Waals surface area contributed by atoms with Gasteiger partial charge in [0.15, 0.2) is 5.65 Å². The molecule has 3 heterocycles. The monoisotopic (exact) mass is 323 g/mol. The van der Waals surface area contributed by atoms with E-state index in [1.54, 1.807) is 23.0 Å². The van der Waals surface area contributed by atoms with Crippen molar-refractivity contribution >= 4 is 22.8 Å². The summed E-state index contributed by atoms with van der Waals surface area (Å²) in [5, 5.41) is 7.69. The zero-order valence-corrected chi connectivity index (χ0v) is 13.4. The number of rotatable bonds is 3. The van der Waals surface area contributed by atoms with E-state index >= 15 is 0 Å². The number of anilines is 3. The van der Waals surface area contributed by atoms with Crippen LogP contribution in [0.1, 0.15) is 37.3 Å². The highest BCUT2D eigenvalue weighted by Crippen LogP contribution is 2.33. The van der Waals surface area contributed by atoms with Crippen molar-refractivity contribution in [1.82, 2.24) is 19.6 Å². The van der Waals surface area contributed by atoms with Crippen LogP contribution in [0.3, 0.4) is 0 Å². The lowest BCUT2D eigenvalue weighted by Gasteiger charge is -2.24. The van der Waals surface area contributed by atoms with Gasteiger partial charge in [-0.2, -0.15) is 0 Å². The van der Waals surface area contributed by atoms with Crippen LogP contribution < -0.4 is 16.8 Å². The summed E-state index contributed by atoms with van der Waals surface area (Å²) in [4.78, 5) is 8.94. The molecule has 3 aromatic rings. The average molecular weight is 323 g/mol. The first-order valence-corrected chi connectivity index (χ1v) is 8.27. The summed E-state index contributed by atoms with van der Waals surface area (Å²) in [6, 6.07) is 5.96. The molecule has 1 saturated carbocycles. The minimum absolute atomic E-state index is 0.329. The van der Waals surface area contributed by atoms with Gasteiger partial charge in [0, 0.05) is 24.2 Å². The number of fused-ring (bicyclic) bond motifs is 1. The minimum Gasteiger partial charge on any atom is -0.382 e. The second kappa shape index (κ2) is 6.09. The molecule has 0 bridgehead atoms. The maximum absolute atomic E-state index is 6.01. The molecule has 7 heteroatoms. The van der Waals surface area contributed by atoms with Gasteiger partial charge in [-0.05, 0) is 37.8 Å². The van der Waals surface area contributed by atoms with E-state index in [1.807, 2.05) is 18.3 Å². The summed E-state index contributed by atoms with van der Waals surface area (Å²) in [7, 11) is 0. The number of nitrogens with two attached hydrogens (primary N) is 2. The first-order valence-electron chi connectivity index (χ1n) is 8.27. The highest BCUT2D eigenvalue weighted by molar-refractivity contribution is 5.75. The van der Waals surface area contributed by atoms with Crippen LogP contribution in [0.5, 0.6) is 0 Å². The minimum atomic E-state index is 0.329. The van der Waals surface area contributed by atoms with Crippen molar-refractivity contribution in [1.29, 1.82) is 0 Å². The van der Waals surface area contributed by atoms with Crippen molar-refractivity contribution in [3.8, 4) is 0 Å². The number of nitrogens with zero attached hydrogens (tertiary/aromatic N) is 4. The second-order valence-corrected chi connectivity index (χ2v) is 6.40. The lowest BCUT2D eigenvalue weighted by atomic mass is 9.85. The normalized spacial score (nSPS) is 21.0. The van der Waals surface area contributed by atoms with Crippen LogP contribution in [0.25, 0.3) is 5.65 Å². The summed E-state index contributed by atoms with van der Waals surface area (Å²) < 4.78 is 1.76. The molecule has 1 fully saturated rings. The molecule has 0 radical (unpaired) electrons. The number of pyridine rings is 1.